The zero-order valence-electron chi connectivity index (χ0n) is 13.2. The van der Waals surface area contributed by atoms with Gasteiger partial charge < -0.3 is 9.64 Å². The van der Waals surface area contributed by atoms with E-state index in [9.17, 15) is 21.6 Å². The summed E-state index contributed by atoms with van der Waals surface area (Å²) in [6, 6.07) is 7.12. The Morgan fingerprint density at radius 2 is 1.92 bits per heavy atom. The largest absolute Gasteiger partial charge is 0.501 e. The van der Waals surface area contributed by atoms with Gasteiger partial charge in [0.05, 0.1) is 16.7 Å². The third-order valence-corrected chi connectivity index (χ3v) is 6.21. The van der Waals surface area contributed by atoms with Gasteiger partial charge in [-0.1, -0.05) is 12.1 Å². The summed E-state index contributed by atoms with van der Waals surface area (Å²) in [6.07, 6.45) is -0.572. The number of halogens is 3. The first-order chi connectivity index (χ1) is 11.7. The normalized spacial score (nSPS) is 22.2. The predicted molar refractivity (Wildman–Crippen MR) is 89.5 cm³/mol. The molecule has 0 bridgehead atoms. The molecule has 0 radical (unpaired) electrons. The minimum Gasteiger partial charge on any atom is -0.367 e. The number of para-hydroxylation sites is 1. The molecule has 136 valence electrons. The smallest absolute Gasteiger partial charge is 0.367 e. The van der Waals surface area contributed by atoms with Crippen molar-refractivity contribution in [3.8, 4) is 0 Å². The van der Waals surface area contributed by atoms with Crippen LogP contribution in [-0.4, -0.2) is 33.1 Å². The first kappa shape index (κ1) is 18.2. The molecule has 2 atom stereocenters. The maximum absolute atomic E-state index is 13.0. The lowest BCUT2D eigenvalue weighted by Crippen LogP contribution is -2.43. The Labute approximate surface area is 147 Å². The quantitative estimate of drug-likeness (QED) is 0.793. The Morgan fingerprint density at radius 1 is 1.20 bits per heavy atom. The third kappa shape index (κ3) is 3.54. The second-order valence-electron chi connectivity index (χ2n) is 5.81. The first-order valence-corrected chi connectivity index (χ1v) is 9.95. The highest BCUT2D eigenvalue weighted by Gasteiger charge is 2.48. The Kier molecular flexibility index (Phi) is 4.82. The summed E-state index contributed by atoms with van der Waals surface area (Å²) in [5, 5.41) is 3.81. The van der Waals surface area contributed by atoms with Crippen LogP contribution >= 0.6 is 11.3 Å². The number of anilines is 1. The molecule has 9 heteroatoms. The molecule has 2 unspecified atom stereocenters. The summed E-state index contributed by atoms with van der Waals surface area (Å²) in [6.45, 7) is 2.41. The van der Waals surface area contributed by atoms with Gasteiger partial charge in [-0.05, 0) is 41.4 Å². The Balaban J connectivity index is 1.99. The molecule has 25 heavy (non-hydrogen) atoms. The zero-order valence-corrected chi connectivity index (χ0v) is 14.9. The molecule has 2 aromatic rings. The fraction of sp³-hybridized carbons (Fsp3) is 0.375. The fourth-order valence-electron chi connectivity index (χ4n) is 2.86. The van der Waals surface area contributed by atoms with Gasteiger partial charge in [0.2, 0.25) is 0 Å². The molecule has 0 aliphatic carbocycles. The Hall–Kier alpha value is -1.58. The van der Waals surface area contributed by atoms with Crippen LogP contribution in [0.25, 0.3) is 0 Å². The van der Waals surface area contributed by atoms with Crippen LogP contribution in [0.5, 0.6) is 0 Å². The molecule has 0 spiro atoms. The van der Waals surface area contributed by atoms with E-state index in [1.807, 2.05) is 23.8 Å². The van der Waals surface area contributed by atoms with Gasteiger partial charge in [-0.25, -0.2) is 8.42 Å². The van der Waals surface area contributed by atoms with E-state index in [0.717, 1.165) is 11.6 Å². The van der Waals surface area contributed by atoms with Gasteiger partial charge in [-0.3, -0.25) is 0 Å². The fourth-order valence-corrected chi connectivity index (χ4v) is 4.54. The monoisotopic (exact) mass is 391 g/mol. The van der Waals surface area contributed by atoms with Gasteiger partial charge in [-0.15, -0.1) is 0 Å². The maximum Gasteiger partial charge on any atom is 0.501 e. The van der Waals surface area contributed by atoms with Crippen molar-refractivity contribution in [1.82, 2.24) is 0 Å². The first-order valence-electron chi connectivity index (χ1n) is 7.53. The molecule has 1 aromatic carbocycles. The van der Waals surface area contributed by atoms with Crippen molar-refractivity contribution >= 4 is 26.9 Å². The van der Waals surface area contributed by atoms with Crippen LogP contribution < -0.4 is 4.90 Å². The molecular formula is C16H16F3NO3S2. The molecule has 0 amide bonds. The summed E-state index contributed by atoms with van der Waals surface area (Å²) in [5.41, 5.74) is -4.36. The summed E-state index contributed by atoms with van der Waals surface area (Å²) >= 11 is 1.50. The number of morpholine rings is 1. The number of ether oxygens (including phenoxy) is 1. The molecule has 1 fully saturated rings. The van der Waals surface area contributed by atoms with Gasteiger partial charge in [0.15, 0.2) is 0 Å². The number of benzene rings is 1. The van der Waals surface area contributed by atoms with E-state index >= 15 is 0 Å². The summed E-state index contributed by atoms with van der Waals surface area (Å²) in [5.74, 6) is 0. The number of alkyl halides is 3. The average Bonchev–Trinajstić information content (AvgIpc) is 3.08. The minimum absolute atomic E-state index is 0.0511. The van der Waals surface area contributed by atoms with Crippen molar-refractivity contribution in [2.75, 3.05) is 18.0 Å². The van der Waals surface area contributed by atoms with Crippen LogP contribution in [0, 0.1) is 0 Å². The molecule has 3 rings (SSSR count). The van der Waals surface area contributed by atoms with Crippen LogP contribution in [0.15, 0.2) is 46.0 Å². The van der Waals surface area contributed by atoms with E-state index in [2.05, 4.69) is 0 Å². The molecule has 1 aromatic heterocycles. The van der Waals surface area contributed by atoms with Crippen molar-refractivity contribution in [3.05, 3.63) is 46.7 Å². The second kappa shape index (κ2) is 6.62. The number of hydrogen-bond acceptors (Lipinski definition) is 5. The van der Waals surface area contributed by atoms with Gasteiger partial charge in [0, 0.05) is 13.1 Å². The Morgan fingerprint density at radius 3 is 2.56 bits per heavy atom. The van der Waals surface area contributed by atoms with E-state index in [0.29, 0.717) is 6.54 Å². The minimum atomic E-state index is -5.43. The molecule has 1 saturated heterocycles. The van der Waals surface area contributed by atoms with E-state index in [4.69, 9.17) is 4.74 Å². The third-order valence-electron chi connectivity index (χ3n) is 3.98. The van der Waals surface area contributed by atoms with Crippen LogP contribution in [-0.2, 0) is 14.6 Å². The van der Waals surface area contributed by atoms with Crippen molar-refractivity contribution in [3.63, 3.8) is 0 Å². The second-order valence-corrected chi connectivity index (χ2v) is 8.50. The van der Waals surface area contributed by atoms with Crippen LogP contribution in [0.1, 0.15) is 18.6 Å². The average molecular weight is 391 g/mol. The highest BCUT2D eigenvalue weighted by Crippen LogP contribution is 2.38. The number of sulfone groups is 1. The molecule has 4 nitrogen and oxygen atoms in total. The predicted octanol–water partition coefficient (Wildman–Crippen LogP) is 4.01. The van der Waals surface area contributed by atoms with Crippen molar-refractivity contribution in [2.45, 2.75) is 29.5 Å². The molecular weight excluding hydrogens is 375 g/mol. The van der Waals surface area contributed by atoms with Gasteiger partial charge in [-0.2, -0.15) is 24.5 Å². The number of hydrogen-bond donors (Lipinski definition) is 0. The van der Waals surface area contributed by atoms with E-state index < -0.39 is 20.2 Å². The summed E-state index contributed by atoms with van der Waals surface area (Å²) < 4.78 is 68.8. The van der Waals surface area contributed by atoms with Crippen molar-refractivity contribution < 1.29 is 26.3 Å². The van der Waals surface area contributed by atoms with Crippen molar-refractivity contribution in [2.24, 2.45) is 0 Å². The molecule has 2 heterocycles. The van der Waals surface area contributed by atoms with E-state index in [-0.39, 0.29) is 24.4 Å². The number of thiophene rings is 1. The molecule has 0 saturated carbocycles. The van der Waals surface area contributed by atoms with Gasteiger partial charge in [0.25, 0.3) is 9.84 Å². The molecule has 1 aliphatic rings. The summed E-state index contributed by atoms with van der Waals surface area (Å²) in [4.78, 5) is 0.926. The van der Waals surface area contributed by atoms with Gasteiger partial charge in [0.1, 0.15) is 6.10 Å². The van der Waals surface area contributed by atoms with Crippen LogP contribution in [0.3, 0.4) is 0 Å². The summed E-state index contributed by atoms with van der Waals surface area (Å²) in [7, 11) is -5.43. The zero-order chi connectivity index (χ0) is 18.2. The highest BCUT2D eigenvalue weighted by atomic mass is 32.2. The van der Waals surface area contributed by atoms with E-state index in [1.165, 1.54) is 29.5 Å². The standard InChI is InChI=1S/C16H16F3NO3S2/c1-11-8-20(9-14(23-11)12-6-7-24-10-12)13-4-2-3-5-15(13)25(21,22)16(17,18)19/h2-7,10-11,14H,8-9H2,1H3. The number of rotatable bonds is 3. The topological polar surface area (TPSA) is 46.6 Å². The van der Waals surface area contributed by atoms with Crippen LogP contribution in [0.2, 0.25) is 0 Å². The van der Waals surface area contributed by atoms with Crippen LogP contribution in [0.4, 0.5) is 18.9 Å². The lowest BCUT2D eigenvalue weighted by atomic mass is 10.1. The lowest BCUT2D eigenvalue weighted by molar-refractivity contribution is -0.0436. The SMILES string of the molecule is CC1CN(c2ccccc2S(=O)(=O)C(F)(F)F)CC(c2ccsc2)O1. The van der Waals surface area contributed by atoms with Crippen molar-refractivity contribution in [1.29, 1.82) is 0 Å². The van der Waals surface area contributed by atoms with Gasteiger partial charge >= 0.3 is 5.51 Å². The molecule has 1 aliphatic heterocycles. The van der Waals surface area contributed by atoms with E-state index in [1.54, 1.807) is 4.90 Å². The lowest BCUT2D eigenvalue weighted by Gasteiger charge is -2.38. The number of nitrogens with zero attached hydrogens (tertiary/aromatic N) is 1. The maximum atomic E-state index is 13.0. The highest BCUT2D eigenvalue weighted by molar-refractivity contribution is 7.92. The molecule has 0 N–H and O–H groups in total. The Bertz CT molecular complexity index is 835.